The zero-order chi connectivity index (χ0) is 14.6. The van der Waals surface area contributed by atoms with Crippen LogP contribution < -0.4 is 5.73 Å². The van der Waals surface area contributed by atoms with Gasteiger partial charge in [0.1, 0.15) is 0 Å². The topological polar surface area (TPSA) is 66.6 Å². The van der Waals surface area contributed by atoms with Gasteiger partial charge in [-0.1, -0.05) is 13.8 Å². The van der Waals surface area contributed by atoms with Gasteiger partial charge in [-0.05, 0) is 24.7 Å². The van der Waals surface area contributed by atoms with Crippen LogP contribution in [0, 0.1) is 11.8 Å². The number of nitrogens with zero attached hydrogens (tertiary/aromatic N) is 2. The van der Waals surface area contributed by atoms with Gasteiger partial charge in [-0.2, -0.15) is 0 Å². The highest BCUT2D eigenvalue weighted by molar-refractivity contribution is 5.82. The summed E-state index contributed by atoms with van der Waals surface area (Å²) in [6.45, 7) is 7.73. The highest BCUT2D eigenvalue weighted by Gasteiger charge is 2.29. The minimum absolute atomic E-state index is 0.0465. The molecule has 2 amide bonds. The van der Waals surface area contributed by atoms with E-state index in [4.69, 9.17) is 5.73 Å². The molecule has 1 fully saturated rings. The number of nitrogens with two attached hydrogens (primary N) is 1. The van der Waals surface area contributed by atoms with Crippen LogP contribution >= 0.6 is 0 Å². The number of piperidine rings is 1. The van der Waals surface area contributed by atoms with Gasteiger partial charge in [0.05, 0.1) is 6.04 Å². The minimum Gasteiger partial charge on any atom is -0.346 e. The zero-order valence-electron chi connectivity index (χ0n) is 12.6. The summed E-state index contributed by atoms with van der Waals surface area (Å²) in [5, 5.41) is 0. The molecule has 19 heavy (non-hydrogen) atoms. The van der Waals surface area contributed by atoms with Gasteiger partial charge in [0, 0.05) is 33.6 Å². The van der Waals surface area contributed by atoms with E-state index in [2.05, 4.69) is 0 Å². The van der Waals surface area contributed by atoms with Crippen LogP contribution in [-0.2, 0) is 9.59 Å². The first-order chi connectivity index (χ1) is 8.82. The number of hydrogen-bond donors (Lipinski definition) is 1. The van der Waals surface area contributed by atoms with Crippen molar-refractivity contribution in [3.05, 3.63) is 0 Å². The fourth-order valence-electron chi connectivity index (χ4n) is 2.43. The third kappa shape index (κ3) is 4.49. The molecule has 0 aromatic heterocycles. The number of carbonyl (C=O) groups is 2. The fraction of sp³-hybridized carbons (Fsp3) is 0.857. The third-order valence-corrected chi connectivity index (χ3v) is 3.90. The highest BCUT2D eigenvalue weighted by atomic mass is 16.2. The monoisotopic (exact) mass is 269 g/mol. The largest absolute Gasteiger partial charge is 0.346 e. The van der Waals surface area contributed by atoms with E-state index in [1.165, 1.54) is 0 Å². The maximum atomic E-state index is 12.2. The maximum absolute atomic E-state index is 12.2. The average Bonchev–Trinajstić information content (AvgIpc) is 2.37. The second-order valence-electron chi connectivity index (χ2n) is 5.96. The van der Waals surface area contributed by atoms with Crippen molar-refractivity contribution >= 4 is 11.8 Å². The Bertz CT molecular complexity index is 331. The number of hydrogen-bond acceptors (Lipinski definition) is 3. The van der Waals surface area contributed by atoms with E-state index in [0.29, 0.717) is 5.92 Å². The third-order valence-electron chi connectivity index (χ3n) is 3.90. The molecule has 1 aliphatic heterocycles. The lowest BCUT2D eigenvalue weighted by Gasteiger charge is -2.36. The van der Waals surface area contributed by atoms with Crippen molar-refractivity contribution in [1.82, 2.24) is 9.80 Å². The normalized spacial score (nSPS) is 21.4. The number of rotatable bonds is 4. The van der Waals surface area contributed by atoms with Gasteiger partial charge in [0.2, 0.25) is 11.8 Å². The first-order valence-electron chi connectivity index (χ1n) is 7.09. The quantitative estimate of drug-likeness (QED) is 0.816. The lowest BCUT2D eigenvalue weighted by atomic mass is 9.95. The molecular formula is C14H27N3O2. The second-order valence-corrected chi connectivity index (χ2v) is 5.96. The van der Waals surface area contributed by atoms with Gasteiger partial charge in [0.25, 0.3) is 0 Å². The molecule has 0 spiro atoms. The minimum atomic E-state index is -0.413. The molecule has 1 saturated heterocycles. The van der Waals surface area contributed by atoms with Gasteiger partial charge in [-0.15, -0.1) is 0 Å². The molecule has 2 atom stereocenters. The van der Waals surface area contributed by atoms with Gasteiger partial charge >= 0.3 is 0 Å². The summed E-state index contributed by atoms with van der Waals surface area (Å²) in [4.78, 5) is 27.1. The Labute approximate surface area is 116 Å². The Morgan fingerprint density at radius 2 is 2.05 bits per heavy atom. The van der Waals surface area contributed by atoms with E-state index in [1.54, 1.807) is 11.8 Å². The highest BCUT2D eigenvalue weighted by Crippen LogP contribution is 2.19. The van der Waals surface area contributed by atoms with Crippen molar-refractivity contribution in [2.75, 3.05) is 26.7 Å². The summed E-state index contributed by atoms with van der Waals surface area (Å²) in [5.41, 5.74) is 5.93. The summed E-state index contributed by atoms with van der Waals surface area (Å²) in [6, 6.07) is -0.413. The van der Waals surface area contributed by atoms with E-state index >= 15 is 0 Å². The average molecular weight is 269 g/mol. The van der Waals surface area contributed by atoms with E-state index in [-0.39, 0.29) is 17.7 Å². The zero-order valence-corrected chi connectivity index (χ0v) is 12.6. The van der Waals surface area contributed by atoms with Crippen LogP contribution in [0.25, 0.3) is 0 Å². The molecule has 110 valence electrons. The maximum Gasteiger partial charge on any atom is 0.239 e. The molecule has 2 N–H and O–H groups in total. The predicted molar refractivity (Wildman–Crippen MR) is 75.4 cm³/mol. The summed E-state index contributed by atoms with van der Waals surface area (Å²) >= 11 is 0. The fourth-order valence-corrected chi connectivity index (χ4v) is 2.43. The van der Waals surface area contributed by atoms with Crippen LogP contribution in [0.1, 0.15) is 33.6 Å². The van der Waals surface area contributed by atoms with E-state index in [1.807, 2.05) is 25.8 Å². The molecule has 5 nitrogen and oxygen atoms in total. The Kier molecular flexibility index (Phi) is 5.79. The first-order valence-corrected chi connectivity index (χ1v) is 7.09. The smallest absolute Gasteiger partial charge is 0.239 e. The molecule has 0 aromatic rings. The molecule has 0 aromatic carbocycles. The summed E-state index contributed by atoms with van der Waals surface area (Å²) < 4.78 is 0. The molecule has 1 aliphatic rings. The van der Waals surface area contributed by atoms with Gasteiger partial charge in [-0.3, -0.25) is 9.59 Å². The van der Waals surface area contributed by atoms with Gasteiger partial charge < -0.3 is 15.5 Å². The van der Waals surface area contributed by atoms with Crippen molar-refractivity contribution in [2.45, 2.75) is 39.7 Å². The van der Waals surface area contributed by atoms with E-state index < -0.39 is 6.04 Å². The van der Waals surface area contributed by atoms with Crippen LogP contribution in [0.2, 0.25) is 0 Å². The predicted octanol–water partition coefficient (Wildman–Crippen LogP) is 0.687. The molecule has 5 heteroatoms. The Hall–Kier alpha value is -1.10. The molecular weight excluding hydrogens is 242 g/mol. The standard InChI is InChI=1S/C14H27N3O2/c1-10(2)13(15)14(19)17-7-5-6-12(9-17)8-16(4)11(3)18/h10,12-13H,5-9,15H2,1-4H3/t12-,13+/m1/s1. The lowest BCUT2D eigenvalue weighted by molar-refractivity contribution is -0.135. The Balaban J connectivity index is 2.54. The first kappa shape index (κ1) is 16.0. The molecule has 0 saturated carbocycles. The van der Waals surface area contributed by atoms with E-state index in [0.717, 1.165) is 32.5 Å². The van der Waals surface area contributed by atoms with Gasteiger partial charge in [0.15, 0.2) is 0 Å². The number of amides is 2. The van der Waals surface area contributed by atoms with Crippen LogP contribution in [0.4, 0.5) is 0 Å². The second kappa shape index (κ2) is 6.89. The number of carbonyl (C=O) groups excluding carboxylic acids is 2. The van der Waals surface area contributed by atoms with Crippen molar-refractivity contribution in [3.8, 4) is 0 Å². The van der Waals surface area contributed by atoms with Crippen molar-refractivity contribution in [1.29, 1.82) is 0 Å². The molecule has 1 rings (SSSR count). The van der Waals surface area contributed by atoms with E-state index in [9.17, 15) is 9.59 Å². The summed E-state index contributed by atoms with van der Waals surface area (Å²) in [5.74, 6) is 0.645. The van der Waals surface area contributed by atoms with Crippen LogP contribution in [0.3, 0.4) is 0 Å². The van der Waals surface area contributed by atoms with Crippen LogP contribution in [0.15, 0.2) is 0 Å². The molecule has 1 heterocycles. The lowest BCUT2D eigenvalue weighted by Crippen LogP contribution is -2.51. The van der Waals surface area contributed by atoms with Gasteiger partial charge in [-0.25, -0.2) is 0 Å². The number of likely N-dealkylation sites (tertiary alicyclic amines) is 1. The molecule has 0 unspecified atom stereocenters. The Morgan fingerprint density at radius 1 is 1.42 bits per heavy atom. The van der Waals surface area contributed by atoms with Crippen molar-refractivity contribution in [3.63, 3.8) is 0 Å². The summed E-state index contributed by atoms with van der Waals surface area (Å²) in [6.07, 6.45) is 2.06. The van der Waals surface area contributed by atoms with Crippen LogP contribution in [0.5, 0.6) is 0 Å². The van der Waals surface area contributed by atoms with Crippen LogP contribution in [-0.4, -0.2) is 54.3 Å². The van der Waals surface area contributed by atoms with Crippen molar-refractivity contribution in [2.24, 2.45) is 17.6 Å². The Morgan fingerprint density at radius 3 is 2.58 bits per heavy atom. The summed E-state index contributed by atoms with van der Waals surface area (Å²) in [7, 11) is 1.81. The SMILES string of the molecule is CC(=O)N(C)C[C@H]1CCCN(C(=O)[C@@H](N)C(C)C)C1. The molecule has 0 aliphatic carbocycles. The molecule has 0 radical (unpaired) electrons. The molecule has 0 bridgehead atoms. The van der Waals surface area contributed by atoms with Crippen molar-refractivity contribution < 1.29 is 9.59 Å².